The Balaban J connectivity index is 3.45. The number of rotatable bonds is 6. The minimum Gasteiger partial charge on any atom is -0.355 e. The molecule has 0 aliphatic rings. The maximum Gasteiger partial charge on any atom is 0.236 e. The maximum absolute atomic E-state index is 11.2. The number of carbonyl (C=O) groups is 1. The van der Waals surface area contributed by atoms with Gasteiger partial charge in [-0.1, -0.05) is 13.3 Å². The van der Waals surface area contributed by atoms with Gasteiger partial charge >= 0.3 is 0 Å². The molecule has 0 rings (SSSR count). The van der Waals surface area contributed by atoms with Crippen LogP contribution in [0.4, 0.5) is 0 Å². The first-order valence-corrected chi connectivity index (χ1v) is 4.62. The Morgan fingerprint density at radius 2 is 2.38 bits per heavy atom. The Labute approximate surface area is 79.1 Å². The second-order valence-electron chi connectivity index (χ2n) is 2.95. The lowest BCUT2D eigenvalue weighted by atomic mass is 10.1. The average Bonchev–Trinajstić information content (AvgIpc) is 2.12. The summed E-state index contributed by atoms with van der Waals surface area (Å²) in [5.74, 6) is -0.111. The number of carbonyl (C=O) groups excluding carboxylic acids is 1. The van der Waals surface area contributed by atoms with Crippen molar-refractivity contribution in [2.45, 2.75) is 38.6 Å². The molecule has 0 unspecified atom stereocenters. The third-order valence-electron chi connectivity index (χ3n) is 1.70. The number of hydrogen-bond donors (Lipinski definition) is 2. The Hall–Kier alpha value is -1.08. The van der Waals surface area contributed by atoms with Gasteiger partial charge in [-0.25, -0.2) is 0 Å². The lowest BCUT2D eigenvalue weighted by Crippen LogP contribution is -2.40. The maximum atomic E-state index is 11.2. The minimum atomic E-state index is -0.396. The van der Waals surface area contributed by atoms with Crippen molar-refractivity contribution < 1.29 is 4.79 Å². The number of nitriles is 1. The smallest absolute Gasteiger partial charge is 0.236 e. The summed E-state index contributed by atoms with van der Waals surface area (Å²) >= 11 is 0. The molecule has 3 N–H and O–H groups in total. The van der Waals surface area contributed by atoms with Crippen molar-refractivity contribution in [2.75, 3.05) is 6.54 Å². The molecule has 1 atom stereocenters. The normalized spacial score (nSPS) is 11.8. The van der Waals surface area contributed by atoms with E-state index in [1.54, 1.807) is 0 Å². The van der Waals surface area contributed by atoms with Gasteiger partial charge in [-0.15, -0.1) is 0 Å². The minimum absolute atomic E-state index is 0.111. The molecule has 0 bridgehead atoms. The predicted molar refractivity (Wildman–Crippen MR) is 50.7 cm³/mol. The van der Waals surface area contributed by atoms with E-state index in [4.69, 9.17) is 11.0 Å². The fraction of sp³-hybridized carbons (Fsp3) is 0.778. The van der Waals surface area contributed by atoms with E-state index in [9.17, 15) is 4.79 Å². The summed E-state index contributed by atoms with van der Waals surface area (Å²) in [6, 6.07) is 1.62. The van der Waals surface area contributed by atoms with E-state index in [1.165, 1.54) is 0 Å². The van der Waals surface area contributed by atoms with Gasteiger partial charge in [-0.3, -0.25) is 4.79 Å². The lowest BCUT2D eigenvalue weighted by molar-refractivity contribution is -0.122. The molecule has 0 aliphatic carbocycles. The highest BCUT2D eigenvalue weighted by molar-refractivity contribution is 5.81. The highest BCUT2D eigenvalue weighted by Crippen LogP contribution is 1.93. The van der Waals surface area contributed by atoms with Crippen LogP contribution in [0.1, 0.15) is 32.6 Å². The van der Waals surface area contributed by atoms with Gasteiger partial charge in [0.05, 0.1) is 12.1 Å². The van der Waals surface area contributed by atoms with Crippen molar-refractivity contribution in [1.29, 1.82) is 5.26 Å². The second kappa shape index (κ2) is 7.56. The van der Waals surface area contributed by atoms with E-state index >= 15 is 0 Å². The van der Waals surface area contributed by atoms with E-state index in [0.717, 1.165) is 6.42 Å². The van der Waals surface area contributed by atoms with Gasteiger partial charge in [0.15, 0.2) is 0 Å². The van der Waals surface area contributed by atoms with Gasteiger partial charge in [0, 0.05) is 13.0 Å². The van der Waals surface area contributed by atoms with Crippen LogP contribution in [0.15, 0.2) is 0 Å². The molecule has 0 aromatic rings. The molecule has 0 spiro atoms. The largest absolute Gasteiger partial charge is 0.355 e. The molecule has 0 radical (unpaired) electrons. The zero-order valence-corrected chi connectivity index (χ0v) is 8.05. The van der Waals surface area contributed by atoms with Gasteiger partial charge in [-0.05, 0) is 12.8 Å². The SMILES string of the molecule is CCC[C@H](N)C(=O)NCCCC#N. The average molecular weight is 183 g/mol. The van der Waals surface area contributed by atoms with E-state index in [-0.39, 0.29) is 5.91 Å². The Morgan fingerprint density at radius 1 is 1.69 bits per heavy atom. The fourth-order valence-corrected chi connectivity index (χ4v) is 0.952. The molecule has 1 amide bonds. The molecule has 0 saturated carbocycles. The van der Waals surface area contributed by atoms with Crippen molar-refractivity contribution in [3.8, 4) is 6.07 Å². The molecular formula is C9H17N3O. The van der Waals surface area contributed by atoms with Crippen LogP contribution in [0.2, 0.25) is 0 Å². The quantitative estimate of drug-likeness (QED) is 0.590. The van der Waals surface area contributed by atoms with Gasteiger partial charge in [0.2, 0.25) is 5.91 Å². The van der Waals surface area contributed by atoms with E-state index in [1.807, 2.05) is 13.0 Å². The van der Waals surface area contributed by atoms with Crippen LogP contribution in [0.5, 0.6) is 0 Å². The molecule has 0 aliphatic heterocycles. The molecule has 0 aromatic carbocycles. The highest BCUT2D eigenvalue weighted by Gasteiger charge is 2.10. The van der Waals surface area contributed by atoms with Crippen molar-refractivity contribution in [3.05, 3.63) is 0 Å². The summed E-state index contributed by atoms with van der Waals surface area (Å²) in [6.45, 7) is 2.53. The Bertz CT molecular complexity index is 186. The summed E-state index contributed by atoms with van der Waals surface area (Å²) in [4.78, 5) is 11.2. The standard InChI is InChI=1S/C9H17N3O/c1-2-5-8(11)9(13)12-7-4-3-6-10/h8H,2-5,7,11H2,1H3,(H,12,13)/t8-/m0/s1. The molecule has 74 valence electrons. The van der Waals surface area contributed by atoms with Crippen LogP contribution >= 0.6 is 0 Å². The molecule has 0 aromatic heterocycles. The topological polar surface area (TPSA) is 78.9 Å². The van der Waals surface area contributed by atoms with Crippen LogP contribution < -0.4 is 11.1 Å². The lowest BCUT2D eigenvalue weighted by Gasteiger charge is -2.09. The zero-order chi connectivity index (χ0) is 10.1. The summed E-state index contributed by atoms with van der Waals surface area (Å²) in [7, 11) is 0. The first-order chi connectivity index (χ1) is 6.22. The third-order valence-corrected chi connectivity index (χ3v) is 1.70. The second-order valence-corrected chi connectivity index (χ2v) is 2.95. The molecular weight excluding hydrogens is 166 g/mol. The van der Waals surface area contributed by atoms with Gasteiger partial charge in [0.25, 0.3) is 0 Å². The van der Waals surface area contributed by atoms with Crippen molar-refractivity contribution >= 4 is 5.91 Å². The zero-order valence-electron chi connectivity index (χ0n) is 8.05. The predicted octanol–water partition coefficient (Wildman–Crippen LogP) is 0.534. The van der Waals surface area contributed by atoms with Gasteiger partial charge in [0.1, 0.15) is 0 Å². The highest BCUT2D eigenvalue weighted by atomic mass is 16.2. The summed E-state index contributed by atoms with van der Waals surface area (Å²) in [5.41, 5.74) is 5.57. The number of nitrogens with two attached hydrogens (primary N) is 1. The molecule has 0 fully saturated rings. The first kappa shape index (κ1) is 11.9. The molecule has 13 heavy (non-hydrogen) atoms. The van der Waals surface area contributed by atoms with Gasteiger partial charge < -0.3 is 11.1 Å². The molecule has 0 saturated heterocycles. The van der Waals surface area contributed by atoms with Crippen LogP contribution in [0, 0.1) is 11.3 Å². The first-order valence-electron chi connectivity index (χ1n) is 4.62. The summed E-state index contributed by atoms with van der Waals surface area (Å²) < 4.78 is 0. The number of nitrogens with zero attached hydrogens (tertiary/aromatic N) is 1. The molecule has 4 nitrogen and oxygen atoms in total. The monoisotopic (exact) mass is 183 g/mol. The van der Waals surface area contributed by atoms with Gasteiger partial charge in [-0.2, -0.15) is 5.26 Å². The van der Waals surface area contributed by atoms with Crippen molar-refractivity contribution in [3.63, 3.8) is 0 Å². The van der Waals surface area contributed by atoms with E-state index in [0.29, 0.717) is 25.8 Å². The fourth-order valence-electron chi connectivity index (χ4n) is 0.952. The van der Waals surface area contributed by atoms with Crippen molar-refractivity contribution in [2.24, 2.45) is 5.73 Å². The molecule has 4 heteroatoms. The Kier molecular flexibility index (Phi) is 6.93. The number of nitrogens with one attached hydrogen (secondary N) is 1. The van der Waals surface area contributed by atoms with Crippen LogP contribution in [-0.4, -0.2) is 18.5 Å². The number of hydrogen-bond acceptors (Lipinski definition) is 3. The Morgan fingerprint density at radius 3 is 2.92 bits per heavy atom. The molecule has 0 heterocycles. The van der Waals surface area contributed by atoms with E-state index in [2.05, 4.69) is 5.32 Å². The van der Waals surface area contributed by atoms with Crippen LogP contribution in [0.25, 0.3) is 0 Å². The van der Waals surface area contributed by atoms with E-state index < -0.39 is 6.04 Å². The summed E-state index contributed by atoms with van der Waals surface area (Å²) in [6.07, 6.45) is 2.79. The summed E-state index contributed by atoms with van der Waals surface area (Å²) in [5, 5.41) is 10.9. The van der Waals surface area contributed by atoms with Crippen molar-refractivity contribution in [1.82, 2.24) is 5.32 Å². The number of unbranched alkanes of at least 4 members (excludes halogenated alkanes) is 1. The number of amides is 1. The van der Waals surface area contributed by atoms with Crippen LogP contribution in [-0.2, 0) is 4.79 Å². The third kappa shape index (κ3) is 6.12. The van der Waals surface area contributed by atoms with Crippen LogP contribution in [0.3, 0.4) is 0 Å².